The summed E-state index contributed by atoms with van der Waals surface area (Å²) in [6.07, 6.45) is 1.59. The van der Waals surface area contributed by atoms with E-state index < -0.39 is 0 Å². The third-order valence-electron chi connectivity index (χ3n) is 5.92. The lowest BCUT2D eigenvalue weighted by atomic mass is 10.1. The maximum Gasteiger partial charge on any atom is 0.274 e. The fourth-order valence-electron chi connectivity index (χ4n) is 4.06. The Morgan fingerprint density at radius 2 is 1.54 bits per heavy atom. The number of aromatic nitrogens is 5. The van der Waals surface area contributed by atoms with Gasteiger partial charge in [0.1, 0.15) is 11.4 Å². The van der Waals surface area contributed by atoms with Gasteiger partial charge in [-0.1, -0.05) is 30.3 Å². The number of rotatable bonds is 6. The van der Waals surface area contributed by atoms with E-state index in [1.807, 2.05) is 72.8 Å². The Labute approximate surface area is 211 Å². The molecule has 0 unspecified atom stereocenters. The zero-order chi connectivity index (χ0) is 25.2. The summed E-state index contributed by atoms with van der Waals surface area (Å²) in [5.74, 6) is 1.78. The van der Waals surface area contributed by atoms with Crippen LogP contribution in [0.25, 0.3) is 27.8 Å². The van der Waals surface area contributed by atoms with Crippen LogP contribution >= 0.6 is 0 Å². The van der Waals surface area contributed by atoms with Gasteiger partial charge in [0, 0.05) is 33.9 Å². The van der Waals surface area contributed by atoms with E-state index >= 15 is 0 Å². The molecule has 37 heavy (non-hydrogen) atoms. The number of nitrogens with one attached hydrogen (secondary N) is 2. The van der Waals surface area contributed by atoms with Crippen molar-refractivity contribution < 1.29 is 9.53 Å². The molecular weight excluding hydrogens is 466 g/mol. The number of carbonyl (C=O) groups excluding carboxylic acids is 1. The number of benzene rings is 3. The van der Waals surface area contributed by atoms with Crippen molar-refractivity contribution >= 4 is 39.5 Å². The number of hydrogen-bond donors (Lipinski definition) is 2. The zero-order valence-electron chi connectivity index (χ0n) is 19.8. The summed E-state index contributed by atoms with van der Waals surface area (Å²) < 4.78 is 7.02. The predicted molar refractivity (Wildman–Crippen MR) is 142 cm³/mol. The van der Waals surface area contributed by atoms with Gasteiger partial charge < -0.3 is 15.4 Å². The molecule has 3 aromatic carbocycles. The van der Waals surface area contributed by atoms with Crippen molar-refractivity contribution in [3.63, 3.8) is 0 Å². The molecule has 6 aromatic rings. The molecule has 0 fully saturated rings. The van der Waals surface area contributed by atoms with E-state index in [0.29, 0.717) is 28.7 Å². The normalized spacial score (nSPS) is 10.9. The number of fused-ring (bicyclic) bond motifs is 3. The largest absolute Gasteiger partial charge is 0.497 e. The van der Waals surface area contributed by atoms with Crippen molar-refractivity contribution in [1.29, 1.82) is 0 Å². The molecular formula is C28H21N7O2. The highest BCUT2D eigenvalue weighted by Crippen LogP contribution is 2.30. The quantitative estimate of drug-likeness (QED) is 0.326. The molecule has 0 atom stereocenters. The average molecular weight is 488 g/mol. The highest BCUT2D eigenvalue weighted by molar-refractivity contribution is 6.03. The monoisotopic (exact) mass is 487 g/mol. The third kappa shape index (κ3) is 4.30. The van der Waals surface area contributed by atoms with Gasteiger partial charge in [-0.25, -0.2) is 0 Å². The summed E-state index contributed by atoms with van der Waals surface area (Å²) in [4.78, 5) is 16.5. The van der Waals surface area contributed by atoms with Crippen LogP contribution in [0.15, 0.2) is 97.2 Å². The van der Waals surface area contributed by atoms with Crippen LogP contribution in [0.4, 0.5) is 17.2 Å². The molecule has 9 nitrogen and oxygen atoms in total. The first kappa shape index (κ1) is 22.2. The van der Waals surface area contributed by atoms with E-state index in [1.54, 1.807) is 36.0 Å². The molecule has 0 saturated carbocycles. The number of carbonyl (C=O) groups is 1. The SMILES string of the molecule is COc1ccc(-c2nnc3c4ccccc4c(Nc4ccc(NC(=O)c5ccccn5)cc4)nn23)cc1. The van der Waals surface area contributed by atoms with Crippen LogP contribution in [0.2, 0.25) is 0 Å². The van der Waals surface area contributed by atoms with Gasteiger partial charge in [-0.15, -0.1) is 15.3 Å². The fourth-order valence-corrected chi connectivity index (χ4v) is 4.06. The molecule has 6 rings (SSSR count). The smallest absolute Gasteiger partial charge is 0.274 e. The second kappa shape index (κ2) is 9.38. The van der Waals surface area contributed by atoms with Gasteiger partial charge in [-0.05, 0) is 60.7 Å². The number of nitrogens with zero attached hydrogens (tertiary/aromatic N) is 5. The van der Waals surface area contributed by atoms with Crippen molar-refractivity contribution in [3.05, 3.63) is 103 Å². The second-order valence-electron chi connectivity index (χ2n) is 8.25. The van der Waals surface area contributed by atoms with E-state index in [4.69, 9.17) is 9.84 Å². The summed E-state index contributed by atoms with van der Waals surface area (Å²) in [6.45, 7) is 0. The van der Waals surface area contributed by atoms with Crippen LogP contribution in [0.3, 0.4) is 0 Å². The topological polar surface area (TPSA) is 106 Å². The van der Waals surface area contributed by atoms with Crippen LogP contribution in [-0.4, -0.2) is 37.8 Å². The molecule has 0 spiro atoms. The van der Waals surface area contributed by atoms with Crippen molar-refractivity contribution in [1.82, 2.24) is 24.8 Å². The van der Waals surface area contributed by atoms with Gasteiger partial charge >= 0.3 is 0 Å². The number of methoxy groups -OCH3 is 1. The summed E-state index contributed by atoms with van der Waals surface area (Å²) in [5, 5.41) is 21.8. The minimum Gasteiger partial charge on any atom is -0.497 e. The number of amides is 1. The molecule has 3 heterocycles. The molecule has 0 aliphatic rings. The molecule has 0 saturated heterocycles. The van der Waals surface area contributed by atoms with E-state index in [2.05, 4.69) is 25.8 Å². The van der Waals surface area contributed by atoms with E-state index in [1.165, 1.54) is 0 Å². The first-order chi connectivity index (χ1) is 18.2. The second-order valence-corrected chi connectivity index (χ2v) is 8.25. The summed E-state index contributed by atoms with van der Waals surface area (Å²) >= 11 is 0. The molecule has 0 bridgehead atoms. The first-order valence-corrected chi connectivity index (χ1v) is 11.6. The van der Waals surface area contributed by atoms with Gasteiger partial charge in [0.05, 0.1) is 7.11 Å². The van der Waals surface area contributed by atoms with Crippen molar-refractivity contribution in [3.8, 4) is 17.1 Å². The highest BCUT2D eigenvalue weighted by atomic mass is 16.5. The minimum absolute atomic E-state index is 0.266. The lowest BCUT2D eigenvalue weighted by molar-refractivity contribution is 0.102. The Morgan fingerprint density at radius 3 is 2.27 bits per heavy atom. The van der Waals surface area contributed by atoms with Crippen molar-refractivity contribution in [2.45, 2.75) is 0 Å². The highest BCUT2D eigenvalue weighted by Gasteiger charge is 2.16. The van der Waals surface area contributed by atoms with Gasteiger partial charge in [0.15, 0.2) is 17.3 Å². The summed E-state index contributed by atoms with van der Waals surface area (Å²) in [7, 11) is 1.63. The Hall–Kier alpha value is -5.31. The van der Waals surface area contributed by atoms with Crippen LogP contribution in [0, 0.1) is 0 Å². The molecule has 0 aliphatic heterocycles. The Kier molecular flexibility index (Phi) is 5.62. The fraction of sp³-hybridized carbons (Fsp3) is 0.0357. The molecule has 1 amide bonds. The van der Waals surface area contributed by atoms with Crippen LogP contribution in [-0.2, 0) is 0 Å². The number of anilines is 3. The van der Waals surface area contributed by atoms with Crippen molar-refractivity contribution in [2.75, 3.05) is 17.7 Å². The Balaban J connectivity index is 1.33. The Bertz CT molecular complexity index is 1710. The lowest BCUT2D eigenvalue weighted by Crippen LogP contribution is -2.13. The number of pyridine rings is 1. The summed E-state index contributed by atoms with van der Waals surface area (Å²) in [6, 6.07) is 28.2. The van der Waals surface area contributed by atoms with Gasteiger partial charge in [-0.2, -0.15) is 4.52 Å². The number of ether oxygens (including phenoxy) is 1. The van der Waals surface area contributed by atoms with Gasteiger partial charge in [0.2, 0.25) is 0 Å². The third-order valence-corrected chi connectivity index (χ3v) is 5.92. The minimum atomic E-state index is -0.266. The maximum absolute atomic E-state index is 12.4. The number of hydrogen-bond acceptors (Lipinski definition) is 7. The summed E-state index contributed by atoms with van der Waals surface area (Å²) in [5.41, 5.74) is 3.37. The predicted octanol–water partition coefficient (Wildman–Crippen LogP) is 5.34. The van der Waals surface area contributed by atoms with E-state index in [-0.39, 0.29) is 5.91 Å². The van der Waals surface area contributed by atoms with Crippen molar-refractivity contribution in [2.24, 2.45) is 0 Å². The molecule has 3 aromatic heterocycles. The van der Waals surface area contributed by atoms with Gasteiger partial charge in [-0.3, -0.25) is 9.78 Å². The van der Waals surface area contributed by atoms with E-state index in [0.717, 1.165) is 27.8 Å². The molecule has 0 aliphatic carbocycles. The molecule has 2 N–H and O–H groups in total. The standard InChI is InChI=1S/C28H21N7O2/c1-37-21-15-9-18(10-16-21)26-32-33-27-23-7-3-2-6-22(23)25(34-35(26)27)30-19-11-13-20(14-12-19)31-28(36)24-8-4-5-17-29-24/h2-17H,1H3,(H,30,34)(H,31,36). The Morgan fingerprint density at radius 1 is 0.811 bits per heavy atom. The maximum atomic E-state index is 12.4. The van der Waals surface area contributed by atoms with Crippen LogP contribution < -0.4 is 15.4 Å². The molecule has 9 heteroatoms. The van der Waals surface area contributed by atoms with Gasteiger partial charge in [0.25, 0.3) is 5.91 Å². The first-order valence-electron chi connectivity index (χ1n) is 11.6. The van der Waals surface area contributed by atoms with E-state index in [9.17, 15) is 4.79 Å². The average Bonchev–Trinajstić information content (AvgIpc) is 3.39. The lowest BCUT2D eigenvalue weighted by Gasteiger charge is -2.11. The zero-order valence-corrected chi connectivity index (χ0v) is 19.8. The van der Waals surface area contributed by atoms with Crippen LogP contribution in [0.5, 0.6) is 5.75 Å². The molecule has 180 valence electrons. The molecule has 0 radical (unpaired) electrons. The van der Waals surface area contributed by atoms with Crippen LogP contribution in [0.1, 0.15) is 10.5 Å².